The third kappa shape index (κ3) is 19.5. The number of nitro groups is 1. The number of amides is 1. The fraction of sp³-hybridized carbons (Fsp3) is 0.743. The highest BCUT2D eigenvalue weighted by molar-refractivity contribution is 7.45. The molecule has 51 heavy (non-hydrogen) atoms. The van der Waals surface area contributed by atoms with Crippen molar-refractivity contribution in [3.05, 3.63) is 34.4 Å². The molecule has 0 saturated carbocycles. The van der Waals surface area contributed by atoms with Crippen molar-refractivity contribution in [1.82, 2.24) is 15.6 Å². The number of phosphoric ester groups is 1. The number of rotatable bonds is 30. The fourth-order valence-electron chi connectivity index (χ4n) is 5.39. The van der Waals surface area contributed by atoms with Gasteiger partial charge in [-0.2, -0.15) is 0 Å². The molecule has 16 heteroatoms. The number of fused-ring (bicyclic) bond motifs is 1. The maximum Gasteiger partial charge on any atom is 0.300 e. The Hall–Kier alpha value is -2.94. The Morgan fingerprint density at radius 2 is 1.61 bits per heavy atom. The first-order valence-corrected chi connectivity index (χ1v) is 20.0. The van der Waals surface area contributed by atoms with E-state index in [1.54, 1.807) is 12.1 Å². The molecule has 3 N–H and O–H groups in total. The van der Waals surface area contributed by atoms with Crippen LogP contribution in [0.5, 0.6) is 0 Å². The number of hydrogen-bond acceptors (Lipinski definition) is 12. The monoisotopic (exact) mass is 740 g/mol. The fourth-order valence-corrected chi connectivity index (χ4v) is 6.11. The zero-order chi connectivity index (χ0) is 37.5. The van der Waals surface area contributed by atoms with Gasteiger partial charge in [0.2, 0.25) is 11.4 Å². The first kappa shape index (κ1) is 44.2. The number of quaternary nitrogens is 1. The molecule has 1 aromatic heterocycles. The predicted molar refractivity (Wildman–Crippen MR) is 196 cm³/mol. The maximum atomic E-state index is 12.8. The molecule has 1 aromatic carbocycles. The van der Waals surface area contributed by atoms with Crippen LogP contribution in [0.3, 0.4) is 0 Å². The van der Waals surface area contributed by atoms with E-state index in [-0.39, 0.29) is 35.7 Å². The largest absolute Gasteiger partial charge is 0.756 e. The van der Waals surface area contributed by atoms with Crippen molar-refractivity contribution in [1.29, 1.82) is 0 Å². The molecule has 0 saturated heterocycles. The molecule has 0 aliphatic carbocycles. The lowest BCUT2D eigenvalue weighted by molar-refractivity contribution is -0.870. The lowest BCUT2D eigenvalue weighted by Gasteiger charge is -2.29. The molecule has 0 aliphatic rings. The lowest BCUT2D eigenvalue weighted by Crippen LogP contribution is -2.45. The van der Waals surface area contributed by atoms with E-state index in [9.17, 15) is 29.5 Å². The number of nitrogens with one attached hydrogen (secondary N) is 2. The average molecular weight is 741 g/mol. The first-order chi connectivity index (χ1) is 24.3. The summed E-state index contributed by atoms with van der Waals surface area (Å²) in [4.78, 5) is 35.9. The zero-order valence-corrected chi connectivity index (χ0v) is 31.9. The van der Waals surface area contributed by atoms with Gasteiger partial charge in [-0.15, -0.1) is 0 Å². The van der Waals surface area contributed by atoms with Crippen molar-refractivity contribution in [2.24, 2.45) is 0 Å². The average Bonchev–Trinajstić information content (AvgIpc) is 3.56. The SMILES string of the molecule is CCCCCCCCCCCCCC=C[C@@H](O)[C@H](COP(=O)([O-])OCC[N+](C)(C)C)NC(=O)CCCCCNc1ccc([N+](=O)[O-])c2nonc12. The standard InChI is InChI=1S/C35H61N6O9P/c1-5-6-7-8-9-10-11-12-13-14-15-16-18-21-32(42)30(28-49-51(46,47)48-27-26-41(2,3)4)37-33(43)22-19-17-20-25-36-29-23-24-31(40(44)45)35-34(29)38-50-39-35/h18,21,23-24,30,32,42H,5-17,19-20,22,25-28H2,1-4H3,(H2-,36,37,39,43,46,47)/t30-,32+/m0/s1. The number of non-ortho nitro benzene ring substituents is 1. The number of benzene rings is 1. The number of carbonyl (C=O) groups excluding carboxylic acids is 1. The van der Waals surface area contributed by atoms with Gasteiger partial charge in [0.25, 0.3) is 7.82 Å². The molecular formula is C35H61N6O9P. The van der Waals surface area contributed by atoms with Crippen LogP contribution in [0.25, 0.3) is 11.0 Å². The molecular weight excluding hydrogens is 679 g/mol. The summed E-state index contributed by atoms with van der Waals surface area (Å²) in [5.41, 5.74) is 0.696. The number of phosphoric acid groups is 1. The number of aliphatic hydroxyl groups excluding tert-OH is 1. The quantitative estimate of drug-likeness (QED) is 0.0199. The van der Waals surface area contributed by atoms with Gasteiger partial charge in [-0.1, -0.05) is 89.7 Å². The topological polar surface area (TPSA) is 202 Å². The van der Waals surface area contributed by atoms with Crippen molar-refractivity contribution in [2.75, 3.05) is 52.8 Å². The lowest BCUT2D eigenvalue weighted by atomic mass is 10.0. The van der Waals surface area contributed by atoms with Crippen LogP contribution in [0.2, 0.25) is 0 Å². The van der Waals surface area contributed by atoms with Crippen LogP contribution in [-0.4, -0.2) is 90.3 Å². The number of anilines is 1. The molecule has 2 rings (SSSR count). The summed E-state index contributed by atoms with van der Waals surface area (Å²) in [7, 11) is 1.08. The van der Waals surface area contributed by atoms with Crippen LogP contribution < -0.4 is 15.5 Å². The van der Waals surface area contributed by atoms with Gasteiger partial charge in [0.1, 0.15) is 13.2 Å². The first-order valence-electron chi connectivity index (χ1n) is 18.5. The molecule has 1 heterocycles. The van der Waals surface area contributed by atoms with E-state index in [1.807, 2.05) is 27.2 Å². The Bertz CT molecular complexity index is 1370. The molecule has 3 atom stereocenters. The van der Waals surface area contributed by atoms with E-state index in [0.717, 1.165) is 19.3 Å². The van der Waals surface area contributed by atoms with Crippen LogP contribution in [0.4, 0.5) is 11.4 Å². The number of nitro benzene ring substituents is 1. The van der Waals surface area contributed by atoms with Crippen LogP contribution in [0.1, 0.15) is 110 Å². The minimum Gasteiger partial charge on any atom is -0.756 e. The van der Waals surface area contributed by atoms with Gasteiger partial charge in [0, 0.05) is 19.0 Å². The molecule has 0 bridgehead atoms. The molecule has 1 amide bonds. The molecule has 0 aliphatic heterocycles. The van der Waals surface area contributed by atoms with Crippen molar-refractivity contribution in [3.8, 4) is 0 Å². The van der Waals surface area contributed by atoms with Crippen molar-refractivity contribution in [3.63, 3.8) is 0 Å². The van der Waals surface area contributed by atoms with E-state index in [4.69, 9.17) is 9.05 Å². The highest BCUT2D eigenvalue weighted by Gasteiger charge is 2.23. The highest BCUT2D eigenvalue weighted by atomic mass is 31.2. The summed E-state index contributed by atoms with van der Waals surface area (Å²) in [5.74, 6) is -0.341. The van der Waals surface area contributed by atoms with Gasteiger partial charge in [-0.25, -0.2) is 4.63 Å². The van der Waals surface area contributed by atoms with Gasteiger partial charge in [-0.05, 0) is 42.1 Å². The maximum absolute atomic E-state index is 12.8. The van der Waals surface area contributed by atoms with Gasteiger partial charge >= 0.3 is 5.69 Å². The number of allylic oxidation sites excluding steroid dienone is 1. The molecule has 15 nitrogen and oxygen atoms in total. The summed E-state index contributed by atoms with van der Waals surface area (Å²) < 4.78 is 27.7. The zero-order valence-electron chi connectivity index (χ0n) is 31.1. The number of hydrogen-bond donors (Lipinski definition) is 3. The molecule has 290 valence electrons. The molecule has 1 unspecified atom stereocenters. The number of aromatic nitrogens is 2. The Morgan fingerprint density at radius 3 is 2.25 bits per heavy atom. The second-order valence-corrected chi connectivity index (χ2v) is 15.5. The Morgan fingerprint density at radius 1 is 0.980 bits per heavy atom. The highest BCUT2D eigenvalue weighted by Crippen LogP contribution is 2.38. The Kier molecular flexibility index (Phi) is 21.1. The summed E-state index contributed by atoms with van der Waals surface area (Å²) >= 11 is 0. The summed E-state index contributed by atoms with van der Waals surface area (Å²) in [6.07, 6.45) is 18.8. The third-order valence-corrected chi connectivity index (χ3v) is 9.44. The summed E-state index contributed by atoms with van der Waals surface area (Å²) in [5, 5.41) is 35.4. The van der Waals surface area contributed by atoms with E-state index < -0.39 is 31.5 Å². The summed E-state index contributed by atoms with van der Waals surface area (Å²) in [6, 6.07) is 1.90. The smallest absolute Gasteiger partial charge is 0.300 e. The molecule has 0 spiro atoms. The van der Waals surface area contributed by atoms with E-state index in [1.165, 1.54) is 63.9 Å². The predicted octanol–water partition coefficient (Wildman–Crippen LogP) is 6.41. The van der Waals surface area contributed by atoms with Crippen LogP contribution >= 0.6 is 7.82 Å². The Balaban J connectivity index is 1.78. The number of aliphatic hydroxyl groups is 1. The van der Waals surface area contributed by atoms with E-state index in [0.29, 0.717) is 42.5 Å². The number of nitrogens with zero attached hydrogens (tertiary/aromatic N) is 4. The van der Waals surface area contributed by atoms with Crippen LogP contribution in [0, 0.1) is 10.1 Å². The second kappa shape index (κ2) is 24.3. The van der Waals surface area contributed by atoms with Gasteiger partial charge < -0.3 is 34.2 Å². The van der Waals surface area contributed by atoms with Crippen LogP contribution in [-0.2, 0) is 18.4 Å². The molecule has 2 aromatic rings. The van der Waals surface area contributed by atoms with Gasteiger partial charge in [0.05, 0.1) is 50.5 Å². The van der Waals surface area contributed by atoms with E-state index >= 15 is 0 Å². The van der Waals surface area contributed by atoms with Gasteiger partial charge in [-0.3, -0.25) is 19.5 Å². The Labute approximate surface area is 302 Å². The van der Waals surface area contributed by atoms with Crippen molar-refractivity contribution in [2.45, 2.75) is 122 Å². The summed E-state index contributed by atoms with van der Waals surface area (Å²) in [6.45, 7) is 2.68. The van der Waals surface area contributed by atoms with E-state index in [2.05, 4.69) is 32.5 Å². The minimum absolute atomic E-state index is 0.0534. The van der Waals surface area contributed by atoms with Crippen LogP contribution in [0.15, 0.2) is 28.9 Å². The molecule has 0 radical (unpaired) electrons. The van der Waals surface area contributed by atoms with Crippen molar-refractivity contribution >= 4 is 36.1 Å². The number of likely N-dealkylation sites (N-methyl/N-ethyl adjacent to an activating group) is 1. The second-order valence-electron chi connectivity index (χ2n) is 14.1. The minimum atomic E-state index is -4.66. The van der Waals surface area contributed by atoms with Crippen molar-refractivity contribution < 1.29 is 42.4 Å². The van der Waals surface area contributed by atoms with Gasteiger partial charge in [0.15, 0.2) is 5.52 Å². The normalized spacial score (nSPS) is 14.5. The molecule has 0 fully saturated rings. The third-order valence-electron chi connectivity index (χ3n) is 8.48. The number of unbranched alkanes of at least 4 members (excludes halogenated alkanes) is 13. The number of carbonyl (C=O) groups is 1.